The van der Waals surface area contributed by atoms with Crippen molar-refractivity contribution in [3.63, 3.8) is 0 Å². The van der Waals surface area contributed by atoms with Gasteiger partial charge in [0.25, 0.3) is 0 Å². The van der Waals surface area contributed by atoms with Crippen LogP contribution in [0.15, 0.2) is 18.3 Å². The highest BCUT2D eigenvalue weighted by Crippen LogP contribution is 2.32. The quantitative estimate of drug-likeness (QED) is 0.866. The Balaban J connectivity index is 1.86. The second-order valence-electron chi connectivity index (χ2n) is 5.34. The molecule has 4 heteroatoms. The van der Waals surface area contributed by atoms with Crippen LogP contribution in [-0.4, -0.2) is 30.3 Å². The van der Waals surface area contributed by atoms with Crippen molar-refractivity contribution in [3.05, 3.63) is 23.9 Å². The number of morpholine rings is 1. The van der Waals surface area contributed by atoms with E-state index in [1.807, 2.05) is 19.2 Å². The van der Waals surface area contributed by atoms with E-state index in [0.717, 1.165) is 24.5 Å². The number of anilines is 1. The van der Waals surface area contributed by atoms with Gasteiger partial charge in [0.15, 0.2) is 0 Å². The van der Waals surface area contributed by atoms with Crippen molar-refractivity contribution in [3.8, 4) is 0 Å². The third-order valence-corrected chi connectivity index (χ3v) is 4.07. The van der Waals surface area contributed by atoms with Crippen LogP contribution in [0.5, 0.6) is 0 Å². The van der Waals surface area contributed by atoms with Crippen LogP contribution >= 0.6 is 0 Å². The van der Waals surface area contributed by atoms with Crippen molar-refractivity contribution in [1.29, 1.82) is 0 Å². The van der Waals surface area contributed by atoms with Crippen LogP contribution < -0.4 is 10.6 Å². The Labute approximate surface area is 108 Å². The van der Waals surface area contributed by atoms with Crippen molar-refractivity contribution in [2.24, 2.45) is 5.73 Å². The molecule has 1 aliphatic carbocycles. The molecule has 2 fully saturated rings. The zero-order valence-corrected chi connectivity index (χ0v) is 10.9. The van der Waals surface area contributed by atoms with Crippen molar-refractivity contribution in [2.45, 2.75) is 44.4 Å². The molecule has 2 aliphatic rings. The maximum absolute atomic E-state index is 5.95. The second-order valence-corrected chi connectivity index (χ2v) is 5.34. The minimum Gasteiger partial charge on any atom is -0.374 e. The van der Waals surface area contributed by atoms with Gasteiger partial charge in [-0.2, -0.15) is 0 Å². The van der Waals surface area contributed by atoms with E-state index in [1.165, 1.54) is 19.3 Å². The topological polar surface area (TPSA) is 51.4 Å². The van der Waals surface area contributed by atoms with E-state index >= 15 is 0 Å². The summed E-state index contributed by atoms with van der Waals surface area (Å²) < 4.78 is 5.84. The van der Waals surface area contributed by atoms with Gasteiger partial charge >= 0.3 is 0 Å². The maximum Gasteiger partial charge on any atom is 0.129 e. The smallest absolute Gasteiger partial charge is 0.129 e. The molecule has 0 radical (unpaired) electrons. The van der Waals surface area contributed by atoms with Crippen LogP contribution in [0.4, 0.5) is 5.82 Å². The highest BCUT2D eigenvalue weighted by molar-refractivity contribution is 5.44. The van der Waals surface area contributed by atoms with Crippen LogP contribution in [0, 0.1) is 0 Å². The summed E-state index contributed by atoms with van der Waals surface area (Å²) in [4.78, 5) is 6.93. The number of hydrogen-bond donors (Lipinski definition) is 1. The van der Waals surface area contributed by atoms with Gasteiger partial charge in [-0.3, -0.25) is 0 Å². The van der Waals surface area contributed by atoms with Crippen molar-refractivity contribution in [2.75, 3.05) is 18.1 Å². The number of aromatic nitrogens is 1. The van der Waals surface area contributed by atoms with Gasteiger partial charge in [0.1, 0.15) is 5.82 Å². The maximum atomic E-state index is 5.95. The van der Waals surface area contributed by atoms with Gasteiger partial charge in [-0.25, -0.2) is 4.98 Å². The molecule has 0 amide bonds. The number of hydrogen-bond acceptors (Lipinski definition) is 4. The summed E-state index contributed by atoms with van der Waals surface area (Å²) in [5.74, 6) is 1.06. The number of nitrogens with two attached hydrogens (primary N) is 1. The molecular weight excluding hydrogens is 226 g/mol. The Kier molecular flexibility index (Phi) is 3.22. The zero-order chi connectivity index (χ0) is 12.5. The predicted molar refractivity (Wildman–Crippen MR) is 71.6 cm³/mol. The first-order valence-corrected chi connectivity index (χ1v) is 6.85. The first-order chi connectivity index (χ1) is 8.75. The first kappa shape index (κ1) is 11.9. The fourth-order valence-electron chi connectivity index (χ4n) is 3.08. The van der Waals surface area contributed by atoms with Crippen LogP contribution in [0.3, 0.4) is 0 Å². The van der Waals surface area contributed by atoms with Gasteiger partial charge in [-0.15, -0.1) is 0 Å². The average molecular weight is 247 g/mol. The van der Waals surface area contributed by atoms with Crippen molar-refractivity contribution >= 4 is 5.82 Å². The number of ether oxygens (including phenoxy) is 1. The van der Waals surface area contributed by atoms with E-state index in [1.54, 1.807) is 0 Å². The van der Waals surface area contributed by atoms with E-state index in [-0.39, 0.29) is 6.04 Å². The molecular formula is C14H21N3O. The highest BCUT2D eigenvalue weighted by Gasteiger charge is 2.36. The molecule has 3 unspecified atom stereocenters. The summed E-state index contributed by atoms with van der Waals surface area (Å²) >= 11 is 0. The number of fused-ring (bicyclic) bond motifs is 1. The molecule has 1 aromatic rings. The van der Waals surface area contributed by atoms with Crippen LogP contribution in [0.25, 0.3) is 0 Å². The fourth-order valence-corrected chi connectivity index (χ4v) is 3.08. The Hall–Kier alpha value is -1.13. The molecule has 0 aromatic carbocycles. The summed E-state index contributed by atoms with van der Waals surface area (Å²) in [6.45, 7) is 3.76. The normalized spacial score (nSPS) is 29.1. The van der Waals surface area contributed by atoms with E-state index in [0.29, 0.717) is 12.1 Å². The van der Waals surface area contributed by atoms with Crippen molar-refractivity contribution in [1.82, 2.24) is 4.98 Å². The molecule has 0 bridgehead atoms. The fraction of sp³-hybridized carbons (Fsp3) is 0.643. The molecule has 18 heavy (non-hydrogen) atoms. The number of pyridine rings is 1. The van der Waals surface area contributed by atoms with Gasteiger partial charge in [0, 0.05) is 18.8 Å². The standard InChI is InChI=1S/C14H21N3O/c1-10(15)11-5-6-16-14(9-11)17-7-8-18-13-4-2-3-12(13)17/h5-6,9-10,12-13H,2-4,7-8,15H2,1H3. The Morgan fingerprint density at radius 3 is 3.22 bits per heavy atom. The SMILES string of the molecule is CC(N)c1ccnc(N2CCOC3CCCC32)c1. The predicted octanol–water partition coefficient (Wildman–Crippen LogP) is 1.86. The summed E-state index contributed by atoms with van der Waals surface area (Å²) in [5.41, 5.74) is 7.10. The summed E-state index contributed by atoms with van der Waals surface area (Å²) in [5, 5.41) is 0. The van der Waals surface area contributed by atoms with Gasteiger partial charge < -0.3 is 15.4 Å². The van der Waals surface area contributed by atoms with Crippen molar-refractivity contribution < 1.29 is 4.74 Å². The third kappa shape index (κ3) is 2.10. The molecule has 4 nitrogen and oxygen atoms in total. The lowest BCUT2D eigenvalue weighted by molar-refractivity contribution is 0.0253. The lowest BCUT2D eigenvalue weighted by atomic mass is 10.1. The summed E-state index contributed by atoms with van der Waals surface area (Å²) in [6.07, 6.45) is 5.94. The average Bonchev–Trinajstić information content (AvgIpc) is 2.87. The number of nitrogens with zero attached hydrogens (tertiary/aromatic N) is 2. The largest absolute Gasteiger partial charge is 0.374 e. The summed E-state index contributed by atoms with van der Waals surface area (Å²) in [6, 6.07) is 4.70. The van der Waals surface area contributed by atoms with Crippen LogP contribution in [0.1, 0.15) is 37.8 Å². The van der Waals surface area contributed by atoms with E-state index in [2.05, 4.69) is 16.0 Å². The molecule has 1 saturated carbocycles. The van der Waals surface area contributed by atoms with Gasteiger partial charge in [0.2, 0.25) is 0 Å². The Bertz CT molecular complexity index is 421. The van der Waals surface area contributed by atoms with Crippen LogP contribution in [-0.2, 0) is 4.74 Å². The van der Waals surface area contributed by atoms with Crippen LogP contribution in [0.2, 0.25) is 0 Å². The minimum absolute atomic E-state index is 0.0622. The molecule has 1 aliphatic heterocycles. The van der Waals surface area contributed by atoms with E-state index in [9.17, 15) is 0 Å². The molecule has 3 rings (SSSR count). The Morgan fingerprint density at radius 1 is 1.50 bits per heavy atom. The molecule has 2 heterocycles. The first-order valence-electron chi connectivity index (χ1n) is 6.85. The molecule has 2 N–H and O–H groups in total. The minimum atomic E-state index is 0.0622. The Morgan fingerprint density at radius 2 is 2.39 bits per heavy atom. The third-order valence-electron chi connectivity index (χ3n) is 4.07. The monoisotopic (exact) mass is 247 g/mol. The summed E-state index contributed by atoms with van der Waals surface area (Å²) in [7, 11) is 0. The second kappa shape index (κ2) is 4.86. The van der Waals surface area contributed by atoms with E-state index < -0.39 is 0 Å². The van der Waals surface area contributed by atoms with Gasteiger partial charge in [-0.05, 0) is 43.9 Å². The number of rotatable bonds is 2. The lowest BCUT2D eigenvalue weighted by Crippen LogP contribution is -2.49. The lowest BCUT2D eigenvalue weighted by Gasteiger charge is -2.38. The zero-order valence-electron chi connectivity index (χ0n) is 10.9. The molecule has 1 saturated heterocycles. The van der Waals surface area contributed by atoms with Gasteiger partial charge in [-0.1, -0.05) is 0 Å². The molecule has 1 aromatic heterocycles. The molecule has 3 atom stereocenters. The van der Waals surface area contributed by atoms with Gasteiger partial charge in [0.05, 0.1) is 18.8 Å². The highest BCUT2D eigenvalue weighted by atomic mass is 16.5. The molecule has 0 spiro atoms. The van der Waals surface area contributed by atoms with E-state index in [4.69, 9.17) is 10.5 Å². The molecule has 98 valence electrons.